The summed E-state index contributed by atoms with van der Waals surface area (Å²) < 4.78 is 6.05. The number of carbonyl (C=O) groups is 1. The molecule has 16 heavy (non-hydrogen) atoms. The van der Waals surface area contributed by atoms with Gasteiger partial charge in [0.05, 0.1) is 12.3 Å². The summed E-state index contributed by atoms with van der Waals surface area (Å²) in [6.07, 6.45) is 2.77. The number of anilines is 1. The van der Waals surface area contributed by atoms with Crippen molar-refractivity contribution in [2.45, 2.75) is 26.2 Å². The molecule has 0 spiro atoms. The van der Waals surface area contributed by atoms with Crippen LogP contribution in [0.2, 0.25) is 0 Å². The van der Waals surface area contributed by atoms with Crippen LogP contribution in [-0.4, -0.2) is 12.7 Å². The van der Waals surface area contributed by atoms with Gasteiger partial charge >= 0.3 is 6.09 Å². The van der Waals surface area contributed by atoms with E-state index in [2.05, 4.69) is 34.8 Å². The van der Waals surface area contributed by atoms with E-state index in [9.17, 15) is 4.79 Å². The number of nitrogens with one attached hydrogen (secondary N) is 1. The van der Waals surface area contributed by atoms with E-state index >= 15 is 0 Å². The third-order valence-electron chi connectivity index (χ3n) is 2.09. The van der Waals surface area contributed by atoms with E-state index in [1.54, 1.807) is 0 Å². The summed E-state index contributed by atoms with van der Waals surface area (Å²) in [5.74, 6) is 0. The Hall–Kier alpha value is -0.780. The first-order valence-corrected chi connectivity index (χ1v) is 6.50. The van der Waals surface area contributed by atoms with Gasteiger partial charge in [-0.1, -0.05) is 31.9 Å². The fraction of sp³-hybridized carbons (Fsp3) is 0.417. The van der Waals surface area contributed by atoms with Crippen LogP contribution in [0.1, 0.15) is 26.2 Å². The molecule has 88 valence electrons. The molecule has 1 aromatic rings. The van der Waals surface area contributed by atoms with Crippen molar-refractivity contribution < 1.29 is 9.53 Å². The van der Waals surface area contributed by atoms with Gasteiger partial charge in [-0.2, -0.15) is 0 Å². The smallest absolute Gasteiger partial charge is 0.411 e. The van der Waals surface area contributed by atoms with E-state index in [0.717, 1.165) is 28.5 Å². The second-order valence-corrected chi connectivity index (χ2v) is 4.61. The molecular formula is C12H16INO2. The van der Waals surface area contributed by atoms with Crippen molar-refractivity contribution in [1.82, 2.24) is 0 Å². The van der Waals surface area contributed by atoms with Crippen molar-refractivity contribution in [1.29, 1.82) is 0 Å². The maximum Gasteiger partial charge on any atom is 0.411 e. The fourth-order valence-corrected chi connectivity index (χ4v) is 1.75. The highest BCUT2D eigenvalue weighted by Gasteiger charge is 2.04. The van der Waals surface area contributed by atoms with E-state index in [1.165, 1.54) is 0 Å². The lowest BCUT2D eigenvalue weighted by Gasteiger charge is -2.07. The van der Waals surface area contributed by atoms with Gasteiger partial charge in [-0.15, -0.1) is 0 Å². The Morgan fingerprint density at radius 3 is 2.81 bits per heavy atom. The predicted molar refractivity (Wildman–Crippen MR) is 73.7 cm³/mol. The van der Waals surface area contributed by atoms with Gasteiger partial charge in [0.1, 0.15) is 0 Å². The van der Waals surface area contributed by atoms with Crippen LogP contribution in [0.3, 0.4) is 0 Å². The Balaban J connectivity index is 2.32. The maximum atomic E-state index is 11.4. The normalized spacial score (nSPS) is 9.88. The van der Waals surface area contributed by atoms with Crippen molar-refractivity contribution in [3.8, 4) is 0 Å². The minimum atomic E-state index is -0.375. The van der Waals surface area contributed by atoms with Crippen LogP contribution < -0.4 is 5.32 Å². The average Bonchev–Trinajstić information content (AvgIpc) is 2.28. The number of hydrogen-bond donors (Lipinski definition) is 1. The predicted octanol–water partition coefficient (Wildman–Crippen LogP) is 4.03. The number of para-hydroxylation sites is 1. The van der Waals surface area contributed by atoms with Crippen LogP contribution in [0.5, 0.6) is 0 Å². The van der Waals surface area contributed by atoms with Crippen LogP contribution in [0.4, 0.5) is 10.5 Å². The van der Waals surface area contributed by atoms with Crippen LogP contribution in [0, 0.1) is 3.57 Å². The number of hydrogen-bond acceptors (Lipinski definition) is 2. The molecular weight excluding hydrogens is 317 g/mol. The van der Waals surface area contributed by atoms with Crippen molar-refractivity contribution in [3.63, 3.8) is 0 Å². The molecule has 0 aromatic heterocycles. The van der Waals surface area contributed by atoms with Gasteiger partial charge in [0.2, 0.25) is 0 Å². The highest BCUT2D eigenvalue weighted by atomic mass is 127. The summed E-state index contributed by atoms with van der Waals surface area (Å²) in [6.45, 7) is 2.61. The summed E-state index contributed by atoms with van der Waals surface area (Å²) in [4.78, 5) is 11.4. The molecule has 1 N–H and O–H groups in total. The van der Waals surface area contributed by atoms with Crippen molar-refractivity contribution in [3.05, 3.63) is 27.8 Å². The molecule has 0 fully saturated rings. The Bertz CT molecular complexity index is 342. The monoisotopic (exact) mass is 333 g/mol. The van der Waals surface area contributed by atoms with Crippen LogP contribution >= 0.6 is 22.6 Å². The van der Waals surface area contributed by atoms with E-state index in [4.69, 9.17) is 4.74 Å². The Morgan fingerprint density at radius 2 is 2.12 bits per heavy atom. The molecule has 0 aliphatic heterocycles. The number of amides is 1. The molecule has 3 nitrogen and oxygen atoms in total. The van der Waals surface area contributed by atoms with Crippen LogP contribution in [-0.2, 0) is 4.74 Å². The lowest BCUT2D eigenvalue weighted by Crippen LogP contribution is -2.15. The lowest BCUT2D eigenvalue weighted by molar-refractivity contribution is 0.159. The number of carbonyl (C=O) groups excluding carboxylic acids is 1. The molecule has 0 aliphatic rings. The minimum absolute atomic E-state index is 0.375. The molecule has 0 saturated carbocycles. The highest BCUT2D eigenvalue weighted by Crippen LogP contribution is 2.16. The first-order valence-electron chi connectivity index (χ1n) is 5.42. The van der Waals surface area contributed by atoms with E-state index in [0.29, 0.717) is 6.61 Å². The second-order valence-electron chi connectivity index (χ2n) is 3.45. The van der Waals surface area contributed by atoms with E-state index < -0.39 is 0 Å². The zero-order valence-electron chi connectivity index (χ0n) is 9.33. The number of unbranched alkanes of at least 4 members (excludes halogenated alkanes) is 2. The third-order valence-corrected chi connectivity index (χ3v) is 3.03. The second kappa shape index (κ2) is 7.49. The lowest BCUT2D eigenvalue weighted by atomic mass is 10.3. The molecule has 1 aromatic carbocycles. The molecule has 0 aliphatic carbocycles. The molecule has 0 heterocycles. The highest BCUT2D eigenvalue weighted by molar-refractivity contribution is 14.1. The quantitative estimate of drug-likeness (QED) is 0.653. The summed E-state index contributed by atoms with van der Waals surface area (Å²) in [5.41, 5.74) is 0.795. The largest absolute Gasteiger partial charge is 0.449 e. The summed E-state index contributed by atoms with van der Waals surface area (Å²) >= 11 is 2.17. The van der Waals surface area contributed by atoms with E-state index in [-0.39, 0.29) is 6.09 Å². The molecule has 4 heteroatoms. The third kappa shape index (κ3) is 4.83. The molecule has 1 amide bonds. The first-order chi connectivity index (χ1) is 7.74. The zero-order valence-corrected chi connectivity index (χ0v) is 11.5. The summed E-state index contributed by atoms with van der Waals surface area (Å²) in [6, 6.07) is 7.61. The van der Waals surface area contributed by atoms with Crippen LogP contribution in [0.25, 0.3) is 0 Å². The van der Waals surface area contributed by atoms with Crippen molar-refractivity contribution >= 4 is 34.4 Å². The van der Waals surface area contributed by atoms with Gasteiger partial charge < -0.3 is 4.74 Å². The summed E-state index contributed by atoms with van der Waals surface area (Å²) in [7, 11) is 0. The maximum absolute atomic E-state index is 11.4. The minimum Gasteiger partial charge on any atom is -0.449 e. The van der Waals surface area contributed by atoms with Gasteiger partial charge in [0.25, 0.3) is 0 Å². The molecule has 0 atom stereocenters. The summed E-state index contributed by atoms with van der Waals surface area (Å²) in [5, 5.41) is 2.72. The fourth-order valence-electron chi connectivity index (χ4n) is 1.23. The number of benzene rings is 1. The molecule has 1 rings (SSSR count). The Labute approximate surface area is 110 Å². The van der Waals surface area contributed by atoms with Crippen LogP contribution in [0.15, 0.2) is 24.3 Å². The zero-order chi connectivity index (χ0) is 11.8. The molecule has 0 radical (unpaired) electrons. The first kappa shape index (κ1) is 13.3. The van der Waals surface area contributed by atoms with Gasteiger partial charge in [-0.25, -0.2) is 4.79 Å². The molecule has 0 saturated heterocycles. The standard InChI is InChI=1S/C12H16INO2/c1-2-3-6-9-16-12(15)14-11-8-5-4-7-10(11)13/h4-5,7-8H,2-3,6,9H2,1H3,(H,14,15). The van der Waals surface area contributed by atoms with E-state index in [1.807, 2.05) is 24.3 Å². The van der Waals surface area contributed by atoms with Gasteiger partial charge in [-0.05, 0) is 41.1 Å². The number of halogens is 1. The SMILES string of the molecule is CCCCCOC(=O)Nc1ccccc1I. The molecule has 0 unspecified atom stereocenters. The van der Waals surface area contributed by atoms with Gasteiger partial charge in [0.15, 0.2) is 0 Å². The average molecular weight is 333 g/mol. The Kier molecular flexibility index (Phi) is 6.22. The van der Waals surface area contributed by atoms with Crippen molar-refractivity contribution in [2.24, 2.45) is 0 Å². The topological polar surface area (TPSA) is 38.3 Å². The number of rotatable bonds is 5. The molecule has 0 bridgehead atoms. The van der Waals surface area contributed by atoms with Crippen molar-refractivity contribution in [2.75, 3.05) is 11.9 Å². The Morgan fingerprint density at radius 1 is 1.38 bits per heavy atom. The number of ether oxygens (including phenoxy) is 1. The van der Waals surface area contributed by atoms with Gasteiger partial charge in [0, 0.05) is 3.57 Å². The van der Waals surface area contributed by atoms with Gasteiger partial charge in [-0.3, -0.25) is 5.32 Å².